The molecule has 166 valence electrons. The van der Waals surface area contributed by atoms with Gasteiger partial charge in [0.15, 0.2) is 5.69 Å². The van der Waals surface area contributed by atoms with E-state index in [9.17, 15) is 9.59 Å². The second kappa shape index (κ2) is 8.90. The number of benzene rings is 1. The number of carbonyl (C=O) groups excluding carboxylic acids is 1. The molecule has 1 atom stereocenters. The third kappa shape index (κ3) is 4.00. The average Bonchev–Trinajstić information content (AvgIpc) is 2.89. The molecular formula is C25H24N6O2. The maximum Gasteiger partial charge on any atom is 0.274 e. The number of nitrogens with zero attached hydrogens (tertiary/aromatic N) is 6. The number of hydrogen-bond acceptors (Lipinski definition) is 6. The number of aromatic nitrogens is 5. The van der Waals surface area contributed by atoms with Crippen molar-refractivity contribution in [2.75, 3.05) is 13.1 Å². The van der Waals surface area contributed by atoms with Gasteiger partial charge in [0.1, 0.15) is 6.33 Å². The van der Waals surface area contributed by atoms with Crippen molar-refractivity contribution < 1.29 is 4.79 Å². The Morgan fingerprint density at radius 1 is 1.03 bits per heavy atom. The van der Waals surface area contributed by atoms with Gasteiger partial charge in [0.2, 0.25) is 0 Å². The molecule has 1 aliphatic rings. The molecule has 3 aromatic heterocycles. The van der Waals surface area contributed by atoms with Crippen LogP contribution in [0, 0.1) is 0 Å². The van der Waals surface area contributed by atoms with Crippen molar-refractivity contribution in [3.63, 3.8) is 0 Å². The van der Waals surface area contributed by atoms with E-state index in [0.717, 1.165) is 29.7 Å². The fourth-order valence-electron chi connectivity index (χ4n) is 4.43. The third-order valence-corrected chi connectivity index (χ3v) is 6.18. The van der Waals surface area contributed by atoms with Crippen molar-refractivity contribution in [1.29, 1.82) is 0 Å². The Hall–Kier alpha value is -3.94. The highest BCUT2D eigenvalue weighted by Crippen LogP contribution is 2.28. The van der Waals surface area contributed by atoms with E-state index in [1.807, 2.05) is 42.3 Å². The predicted octanol–water partition coefficient (Wildman–Crippen LogP) is 3.29. The van der Waals surface area contributed by atoms with Crippen LogP contribution in [0.15, 0.2) is 66.1 Å². The normalized spacial score (nSPS) is 16.2. The van der Waals surface area contributed by atoms with Gasteiger partial charge in [-0.1, -0.05) is 24.3 Å². The van der Waals surface area contributed by atoms with Crippen LogP contribution in [-0.4, -0.2) is 48.6 Å². The highest BCUT2D eigenvalue weighted by atomic mass is 16.2. The number of rotatable bonds is 4. The zero-order chi connectivity index (χ0) is 22.8. The van der Waals surface area contributed by atoms with Crippen LogP contribution in [0.2, 0.25) is 0 Å². The molecule has 0 bridgehead atoms. The van der Waals surface area contributed by atoms with Gasteiger partial charge in [-0.2, -0.15) is 5.10 Å². The molecule has 8 nitrogen and oxygen atoms in total. The van der Waals surface area contributed by atoms with E-state index in [2.05, 4.69) is 20.1 Å². The van der Waals surface area contributed by atoms with E-state index < -0.39 is 0 Å². The fraction of sp³-hybridized carbons (Fsp3) is 0.280. The van der Waals surface area contributed by atoms with Gasteiger partial charge < -0.3 is 4.90 Å². The molecule has 0 radical (unpaired) electrons. The Labute approximate surface area is 191 Å². The number of pyridine rings is 1. The molecule has 0 N–H and O–H groups in total. The van der Waals surface area contributed by atoms with Crippen molar-refractivity contribution in [3.8, 4) is 11.1 Å². The molecule has 1 aliphatic heterocycles. The first-order chi connectivity index (χ1) is 16.2. The number of amides is 1. The number of likely N-dealkylation sites (tertiary alicyclic amines) is 1. The van der Waals surface area contributed by atoms with Gasteiger partial charge in [0.05, 0.1) is 5.39 Å². The molecule has 33 heavy (non-hydrogen) atoms. The molecule has 1 amide bonds. The Morgan fingerprint density at radius 2 is 1.82 bits per heavy atom. The molecule has 4 heterocycles. The first-order valence-corrected chi connectivity index (χ1v) is 11.2. The minimum absolute atomic E-state index is 0.142. The smallest absolute Gasteiger partial charge is 0.274 e. The quantitative estimate of drug-likeness (QED) is 0.483. The molecule has 0 saturated carbocycles. The third-order valence-electron chi connectivity index (χ3n) is 6.18. The topological polar surface area (TPSA) is 93.9 Å². The lowest BCUT2D eigenvalue weighted by Gasteiger charge is -2.32. The number of carbonyl (C=O) groups is 1. The number of hydrogen-bond donors (Lipinski definition) is 0. The summed E-state index contributed by atoms with van der Waals surface area (Å²) >= 11 is 0. The van der Waals surface area contributed by atoms with E-state index in [1.54, 1.807) is 24.5 Å². The highest BCUT2D eigenvalue weighted by Gasteiger charge is 2.28. The minimum Gasteiger partial charge on any atom is -0.337 e. The highest BCUT2D eigenvalue weighted by molar-refractivity contribution is 6.04. The van der Waals surface area contributed by atoms with Crippen LogP contribution in [0.3, 0.4) is 0 Å². The van der Waals surface area contributed by atoms with E-state index in [0.29, 0.717) is 36.1 Å². The van der Waals surface area contributed by atoms with Crippen molar-refractivity contribution in [2.45, 2.75) is 32.2 Å². The lowest BCUT2D eigenvalue weighted by atomic mass is 9.93. The number of fused-ring (bicyclic) bond motifs is 1. The summed E-state index contributed by atoms with van der Waals surface area (Å²) in [7, 11) is 0. The molecule has 5 rings (SSSR count). The monoisotopic (exact) mass is 440 g/mol. The summed E-state index contributed by atoms with van der Waals surface area (Å²) in [6.45, 7) is 3.50. The van der Waals surface area contributed by atoms with Crippen LogP contribution < -0.4 is 5.56 Å². The maximum absolute atomic E-state index is 13.5. The number of aryl methyl sites for hydroxylation is 1. The summed E-state index contributed by atoms with van der Waals surface area (Å²) < 4.78 is 1.37. The van der Waals surface area contributed by atoms with Crippen molar-refractivity contribution in [2.24, 2.45) is 0 Å². The van der Waals surface area contributed by atoms with Gasteiger partial charge in [-0.05, 0) is 31.9 Å². The molecule has 1 aromatic carbocycles. The Morgan fingerprint density at radius 3 is 2.55 bits per heavy atom. The standard InChI is InChI=1S/C25H24N6O2/c1-2-31-24(32)21-8-4-3-7-20(21)23(29-31)25(33)30-11-5-6-18(15-30)22-10-9-17(14-28-22)19-12-26-16-27-13-19/h3-4,7-10,12-14,16,18H,2,5-6,11,15H2,1H3. The maximum atomic E-state index is 13.5. The Balaban J connectivity index is 1.41. The van der Waals surface area contributed by atoms with Crippen LogP contribution in [0.1, 0.15) is 41.9 Å². The Kier molecular flexibility index (Phi) is 5.64. The van der Waals surface area contributed by atoms with Gasteiger partial charge in [-0.3, -0.25) is 14.6 Å². The average molecular weight is 441 g/mol. The largest absolute Gasteiger partial charge is 0.337 e. The second-order valence-electron chi connectivity index (χ2n) is 8.20. The summed E-state index contributed by atoms with van der Waals surface area (Å²) in [5, 5.41) is 5.55. The van der Waals surface area contributed by atoms with Crippen LogP contribution >= 0.6 is 0 Å². The zero-order valence-electron chi connectivity index (χ0n) is 18.4. The molecule has 1 fully saturated rings. The lowest BCUT2D eigenvalue weighted by Crippen LogP contribution is -2.40. The molecule has 0 aliphatic carbocycles. The van der Waals surface area contributed by atoms with Crippen LogP contribution in [-0.2, 0) is 6.54 Å². The van der Waals surface area contributed by atoms with Gasteiger partial charge in [0.25, 0.3) is 11.5 Å². The first-order valence-electron chi connectivity index (χ1n) is 11.2. The Bertz CT molecular complexity index is 1350. The molecule has 8 heteroatoms. The van der Waals surface area contributed by atoms with Gasteiger partial charge in [-0.15, -0.1) is 0 Å². The van der Waals surface area contributed by atoms with Gasteiger partial charge >= 0.3 is 0 Å². The summed E-state index contributed by atoms with van der Waals surface area (Å²) in [5.74, 6) is 0.00303. The van der Waals surface area contributed by atoms with E-state index in [-0.39, 0.29) is 17.4 Å². The summed E-state index contributed by atoms with van der Waals surface area (Å²) in [4.78, 5) is 40.8. The van der Waals surface area contributed by atoms with Gasteiger partial charge in [0, 0.05) is 66.3 Å². The second-order valence-corrected chi connectivity index (χ2v) is 8.20. The molecule has 1 saturated heterocycles. The van der Waals surface area contributed by atoms with Crippen molar-refractivity contribution in [1.82, 2.24) is 29.6 Å². The SMILES string of the molecule is CCn1nc(C(=O)N2CCCC(c3ccc(-c4cncnc4)cn3)C2)c2ccccc2c1=O. The molecule has 0 spiro atoms. The predicted molar refractivity (Wildman–Crippen MR) is 125 cm³/mol. The van der Waals surface area contributed by atoms with E-state index >= 15 is 0 Å². The first kappa shape index (κ1) is 20.9. The number of piperidine rings is 1. The fourth-order valence-corrected chi connectivity index (χ4v) is 4.43. The summed E-state index contributed by atoms with van der Waals surface area (Å²) in [6.07, 6.45) is 8.71. The summed E-state index contributed by atoms with van der Waals surface area (Å²) in [5.41, 5.74) is 3.00. The molecule has 1 unspecified atom stereocenters. The zero-order valence-corrected chi connectivity index (χ0v) is 18.4. The van der Waals surface area contributed by atoms with Gasteiger partial charge in [-0.25, -0.2) is 14.6 Å². The van der Waals surface area contributed by atoms with Crippen LogP contribution in [0.25, 0.3) is 21.9 Å². The molecule has 4 aromatic rings. The van der Waals surface area contributed by atoms with Crippen LogP contribution in [0.4, 0.5) is 0 Å². The molecular weight excluding hydrogens is 416 g/mol. The van der Waals surface area contributed by atoms with Crippen molar-refractivity contribution >= 4 is 16.7 Å². The minimum atomic E-state index is -0.172. The van der Waals surface area contributed by atoms with Crippen molar-refractivity contribution in [3.05, 3.63) is 83.1 Å². The van der Waals surface area contributed by atoms with Crippen LogP contribution in [0.5, 0.6) is 0 Å². The van der Waals surface area contributed by atoms with E-state index in [1.165, 1.54) is 11.0 Å². The van der Waals surface area contributed by atoms with E-state index in [4.69, 9.17) is 0 Å². The summed E-state index contributed by atoms with van der Waals surface area (Å²) in [6, 6.07) is 11.2. The lowest BCUT2D eigenvalue weighted by molar-refractivity contribution is 0.0699.